The van der Waals surface area contributed by atoms with Gasteiger partial charge in [0.05, 0.1) is 25.8 Å². The number of anilines is 1. The number of nitrogens with one attached hydrogen (secondary N) is 2. The van der Waals surface area contributed by atoms with Gasteiger partial charge in [0, 0.05) is 6.42 Å². The van der Waals surface area contributed by atoms with Gasteiger partial charge in [-0.3, -0.25) is 19.8 Å². The van der Waals surface area contributed by atoms with Gasteiger partial charge in [-0.1, -0.05) is 18.2 Å². The van der Waals surface area contributed by atoms with E-state index in [1.807, 2.05) is 0 Å². The van der Waals surface area contributed by atoms with Crippen LogP contribution in [0, 0.1) is 0 Å². The third-order valence-corrected chi connectivity index (χ3v) is 2.55. The zero-order chi connectivity index (χ0) is 16.4. The molecule has 0 unspecified atom stereocenters. The summed E-state index contributed by atoms with van der Waals surface area (Å²) in [4.78, 5) is 45.0. The molecule has 1 radical (unpaired) electrons. The van der Waals surface area contributed by atoms with Gasteiger partial charge < -0.3 is 10.1 Å². The maximum Gasteiger partial charge on any atom is 0.341 e. The number of methoxy groups -OCH3 is 1. The van der Waals surface area contributed by atoms with Crippen molar-refractivity contribution >= 4 is 29.9 Å². The summed E-state index contributed by atoms with van der Waals surface area (Å²) < 4.78 is 4.44. The second-order valence-electron chi connectivity index (χ2n) is 4.09. The first-order chi connectivity index (χ1) is 10.6. The third-order valence-electron chi connectivity index (χ3n) is 2.55. The summed E-state index contributed by atoms with van der Waals surface area (Å²) >= 11 is 0. The lowest BCUT2D eigenvalue weighted by Gasteiger charge is -2.23. The molecule has 0 atom stereocenters. The molecule has 1 aromatic carbocycles. The van der Waals surface area contributed by atoms with Crippen LogP contribution in [0.25, 0.3) is 0 Å². The molecule has 117 valence electrons. The predicted molar refractivity (Wildman–Crippen MR) is 77.4 cm³/mol. The zero-order valence-electron chi connectivity index (χ0n) is 12.0. The Morgan fingerprint density at radius 1 is 1.18 bits per heavy atom. The minimum absolute atomic E-state index is 0.102. The highest BCUT2D eigenvalue weighted by Gasteiger charge is 2.18. The number of ether oxygens (including phenoxy) is 1. The van der Waals surface area contributed by atoms with E-state index in [9.17, 15) is 19.2 Å². The van der Waals surface area contributed by atoms with Crippen molar-refractivity contribution in [3.63, 3.8) is 0 Å². The number of hydrazine groups is 1. The van der Waals surface area contributed by atoms with Crippen molar-refractivity contribution in [2.45, 2.75) is 12.8 Å². The number of para-hydroxylation sites is 1. The second-order valence-corrected chi connectivity index (χ2v) is 4.09. The molecule has 0 saturated carbocycles. The first kappa shape index (κ1) is 17.2. The number of hydrogen-bond acceptors (Lipinski definition) is 5. The van der Waals surface area contributed by atoms with Crippen molar-refractivity contribution in [3.05, 3.63) is 30.3 Å². The quantitative estimate of drug-likeness (QED) is 0.581. The molecule has 22 heavy (non-hydrogen) atoms. The first-order valence-electron chi connectivity index (χ1n) is 6.42. The van der Waals surface area contributed by atoms with Crippen molar-refractivity contribution in [1.29, 1.82) is 0 Å². The van der Waals surface area contributed by atoms with E-state index in [1.54, 1.807) is 30.3 Å². The Bertz CT molecular complexity index is 533. The molecule has 0 aliphatic rings. The zero-order valence-corrected chi connectivity index (χ0v) is 12.0. The van der Waals surface area contributed by atoms with Crippen LogP contribution in [-0.4, -0.2) is 37.8 Å². The Morgan fingerprint density at radius 2 is 1.86 bits per heavy atom. The Kier molecular flexibility index (Phi) is 7.10. The van der Waals surface area contributed by atoms with Gasteiger partial charge in [-0.05, 0) is 12.1 Å². The highest BCUT2D eigenvalue weighted by molar-refractivity contribution is 5.96. The lowest BCUT2D eigenvalue weighted by molar-refractivity contribution is -0.142. The number of benzene rings is 1. The minimum atomic E-state index is -0.694. The van der Waals surface area contributed by atoms with Crippen LogP contribution in [0.4, 0.5) is 10.5 Å². The molecule has 0 spiro atoms. The van der Waals surface area contributed by atoms with E-state index < -0.39 is 17.9 Å². The fourth-order valence-corrected chi connectivity index (χ4v) is 1.50. The average Bonchev–Trinajstić information content (AvgIpc) is 2.56. The maximum atomic E-state index is 12.0. The topological polar surface area (TPSA) is 105 Å². The van der Waals surface area contributed by atoms with Crippen molar-refractivity contribution in [3.8, 4) is 0 Å². The van der Waals surface area contributed by atoms with Crippen molar-refractivity contribution in [2.24, 2.45) is 0 Å². The molecule has 1 rings (SSSR count). The molecular weight excluding hydrogens is 290 g/mol. The van der Waals surface area contributed by atoms with Crippen LogP contribution >= 0.6 is 0 Å². The van der Waals surface area contributed by atoms with E-state index >= 15 is 0 Å². The van der Waals surface area contributed by atoms with E-state index in [0.717, 1.165) is 5.01 Å². The van der Waals surface area contributed by atoms with Gasteiger partial charge in [-0.25, -0.2) is 9.80 Å². The van der Waals surface area contributed by atoms with Crippen molar-refractivity contribution in [2.75, 3.05) is 18.7 Å². The largest absolute Gasteiger partial charge is 0.469 e. The number of hydrogen-bond donors (Lipinski definition) is 2. The summed E-state index contributed by atoms with van der Waals surface area (Å²) in [7, 11) is 1.22. The van der Waals surface area contributed by atoms with Gasteiger partial charge in [-0.15, -0.1) is 0 Å². The van der Waals surface area contributed by atoms with Crippen LogP contribution in [0.2, 0.25) is 0 Å². The number of amides is 3. The Morgan fingerprint density at radius 3 is 2.45 bits per heavy atom. The van der Waals surface area contributed by atoms with E-state index in [-0.39, 0.29) is 19.4 Å². The molecule has 0 bridgehead atoms. The Hall–Kier alpha value is -2.90. The van der Waals surface area contributed by atoms with E-state index in [4.69, 9.17) is 0 Å². The summed E-state index contributed by atoms with van der Waals surface area (Å²) in [5.74, 6) is -1.07. The van der Waals surface area contributed by atoms with E-state index in [1.165, 1.54) is 13.4 Å². The summed E-state index contributed by atoms with van der Waals surface area (Å²) in [6, 6.07) is 7.62. The summed E-state index contributed by atoms with van der Waals surface area (Å²) in [6.45, 7) is -0.305. The van der Waals surface area contributed by atoms with E-state index in [0.29, 0.717) is 5.69 Å². The maximum absolute atomic E-state index is 12.0. The fourth-order valence-electron chi connectivity index (χ4n) is 1.50. The van der Waals surface area contributed by atoms with Crippen LogP contribution < -0.4 is 15.8 Å². The van der Waals surface area contributed by atoms with Gasteiger partial charge in [0.15, 0.2) is 0 Å². The molecule has 0 saturated heterocycles. The lowest BCUT2D eigenvalue weighted by atomic mass is 10.3. The predicted octanol–water partition coefficient (Wildman–Crippen LogP) is 0.297. The molecule has 3 amide bonds. The molecule has 2 N–H and O–H groups in total. The summed E-state index contributed by atoms with van der Waals surface area (Å²) in [5, 5.41) is 3.22. The van der Waals surface area contributed by atoms with Gasteiger partial charge in [0.2, 0.25) is 12.2 Å². The normalized spacial score (nSPS) is 9.50. The standard InChI is InChI=1S/C14H16N3O5/c1-22-13(20)8-7-12(19)16-17(14(21)15-9-10-18)11-5-3-2-4-6-11/h2-6H,7-9H2,1H3,(H,15,21)(H,16,19). The fraction of sp³-hybridized carbons (Fsp3) is 0.286. The first-order valence-corrected chi connectivity index (χ1v) is 6.42. The van der Waals surface area contributed by atoms with Gasteiger partial charge in [0.1, 0.15) is 0 Å². The molecule has 0 heterocycles. The highest BCUT2D eigenvalue weighted by Crippen LogP contribution is 2.11. The number of esters is 1. The monoisotopic (exact) mass is 306 g/mol. The van der Waals surface area contributed by atoms with Crippen LogP contribution in [0.1, 0.15) is 12.8 Å². The van der Waals surface area contributed by atoms with Crippen LogP contribution in [0.15, 0.2) is 30.3 Å². The average molecular weight is 306 g/mol. The van der Waals surface area contributed by atoms with Gasteiger partial charge in [0.25, 0.3) is 0 Å². The second kappa shape index (κ2) is 9.11. The minimum Gasteiger partial charge on any atom is -0.469 e. The molecule has 0 fully saturated rings. The molecule has 0 aromatic heterocycles. The lowest BCUT2D eigenvalue weighted by Crippen LogP contribution is -2.51. The molecule has 0 aliphatic heterocycles. The van der Waals surface area contributed by atoms with Gasteiger partial charge in [-0.2, -0.15) is 0 Å². The molecule has 0 aliphatic carbocycles. The number of urea groups is 1. The Labute approximate surface area is 127 Å². The van der Waals surface area contributed by atoms with Crippen LogP contribution in [0.5, 0.6) is 0 Å². The summed E-state index contributed by atoms with van der Waals surface area (Å²) in [5.41, 5.74) is 2.77. The van der Waals surface area contributed by atoms with Gasteiger partial charge >= 0.3 is 12.0 Å². The van der Waals surface area contributed by atoms with Crippen molar-refractivity contribution < 1.29 is 23.9 Å². The SMILES string of the molecule is COC(=O)CCC(=O)NN(C(=O)NC[C]=O)c1ccccc1. The van der Waals surface area contributed by atoms with Crippen LogP contribution in [0.3, 0.4) is 0 Å². The van der Waals surface area contributed by atoms with Crippen molar-refractivity contribution in [1.82, 2.24) is 10.7 Å². The smallest absolute Gasteiger partial charge is 0.341 e. The molecule has 1 aromatic rings. The summed E-state index contributed by atoms with van der Waals surface area (Å²) in [6.07, 6.45) is 1.29. The molecule has 8 nitrogen and oxygen atoms in total. The number of rotatable bonds is 6. The molecule has 8 heteroatoms. The number of carbonyl (C=O) groups is 3. The number of nitrogens with zero attached hydrogens (tertiary/aromatic N) is 1. The highest BCUT2D eigenvalue weighted by atomic mass is 16.5. The third kappa shape index (κ3) is 5.61. The Balaban J connectivity index is 2.74. The van der Waals surface area contributed by atoms with Crippen LogP contribution in [-0.2, 0) is 19.1 Å². The van der Waals surface area contributed by atoms with E-state index in [2.05, 4.69) is 15.5 Å². The molecular formula is C14H16N3O5. The number of carbonyl (C=O) groups excluding carboxylic acids is 4.